The largest absolute Gasteiger partial charge is 0.280 e. The van der Waals surface area contributed by atoms with Gasteiger partial charge in [0, 0.05) is 5.71 Å². The predicted molar refractivity (Wildman–Crippen MR) is 29.3 cm³/mol. The van der Waals surface area contributed by atoms with Crippen LogP contribution in [0.3, 0.4) is 0 Å². The van der Waals surface area contributed by atoms with E-state index in [1.807, 2.05) is 19.9 Å². The summed E-state index contributed by atoms with van der Waals surface area (Å²) in [6, 6.07) is 1.91. The Morgan fingerprint density at radius 1 is 1.71 bits per heavy atom. The molecule has 0 aromatic heterocycles. The van der Waals surface area contributed by atoms with Crippen molar-refractivity contribution in [3.8, 4) is 6.07 Å². The van der Waals surface area contributed by atoms with Crippen molar-refractivity contribution in [2.75, 3.05) is 6.54 Å². The lowest BCUT2D eigenvalue weighted by atomic mass is 10.5. The molecular weight excluding hydrogens is 88.1 g/mol. The Balaban J connectivity index is 3.32. The van der Waals surface area contributed by atoms with Gasteiger partial charge in [-0.15, -0.1) is 0 Å². The molecule has 0 saturated heterocycles. The summed E-state index contributed by atoms with van der Waals surface area (Å²) in [5.74, 6) is 0. The minimum atomic E-state index is 0.294. The second-order valence-electron chi connectivity index (χ2n) is 1.42. The Morgan fingerprint density at radius 2 is 2.29 bits per heavy atom. The van der Waals surface area contributed by atoms with Gasteiger partial charge < -0.3 is 0 Å². The molecule has 0 N–H and O–H groups in total. The van der Waals surface area contributed by atoms with E-state index < -0.39 is 0 Å². The van der Waals surface area contributed by atoms with Crippen molar-refractivity contribution < 1.29 is 0 Å². The minimum Gasteiger partial charge on any atom is -0.280 e. The van der Waals surface area contributed by atoms with E-state index in [-0.39, 0.29) is 0 Å². The van der Waals surface area contributed by atoms with Crippen molar-refractivity contribution in [3.63, 3.8) is 0 Å². The molecule has 2 nitrogen and oxygen atoms in total. The first kappa shape index (κ1) is 6.16. The maximum Gasteiger partial charge on any atom is 0.126 e. The molecule has 0 unspecified atom stereocenters. The monoisotopic (exact) mass is 96.1 g/mol. The number of aliphatic imine (C=N–C) groups is 1. The molecule has 0 saturated carbocycles. The van der Waals surface area contributed by atoms with Crippen LogP contribution in [-0.2, 0) is 0 Å². The molecule has 0 atom stereocenters. The molecule has 0 rings (SSSR count). The molecule has 0 bridgehead atoms. The van der Waals surface area contributed by atoms with E-state index in [0.29, 0.717) is 6.54 Å². The lowest BCUT2D eigenvalue weighted by Gasteiger charge is -1.79. The van der Waals surface area contributed by atoms with Crippen LogP contribution in [0, 0.1) is 11.3 Å². The highest BCUT2D eigenvalue weighted by Crippen LogP contribution is 1.71. The number of hydrogen-bond acceptors (Lipinski definition) is 2. The van der Waals surface area contributed by atoms with Gasteiger partial charge in [-0.05, 0) is 13.8 Å². The van der Waals surface area contributed by atoms with Crippen LogP contribution in [0.2, 0.25) is 0 Å². The highest BCUT2D eigenvalue weighted by atomic mass is 14.7. The molecule has 0 spiro atoms. The number of nitrogens with zero attached hydrogens (tertiary/aromatic N) is 2. The van der Waals surface area contributed by atoms with Crippen molar-refractivity contribution in [3.05, 3.63) is 0 Å². The van der Waals surface area contributed by atoms with Crippen LogP contribution in [0.25, 0.3) is 0 Å². The third-order valence-corrected chi connectivity index (χ3v) is 0.466. The second kappa shape index (κ2) is 3.35. The Hall–Kier alpha value is -0.840. The van der Waals surface area contributed by atoms with Gasteiger partial charge in [-0.3, -0.25) is 4.99 Å². The quantitative estimate of drug-likeness (QED) is 0.354. The van der Waals surface area contributed by atoms with Crippen LogP contribution >= 0.6 is 0 Å². The van der Waals surface area contributed by atoms with Crippen molar-refractivity contribution in [1.82, 2.24) is 0 Å². The summed E-state index contributed by atoms with van der Waals surface area (Å²) in [5, 5.41) is 7.96. The minimum absolute atomic E-state index is 0.294. The molecule has 0 heterocycles. The predicted octanol–water partition coefficient (Wildman–Crippen LogP) is 0.991. The third-order valence-electron chi connectivity index (χ3n) is 0.466. The first-order valence-corrected chi connectivity index (χ1v) is 2.12. The maximum absolute atomic E-state index is 7.96. The van der Waals surface area contributed by atoms with E-state index in [9.17, 15) is 0 Å². The fraction of sp³-hybridized carbons (Fsp3) is 0.600. The van der Waals surface area contributed by atoms with Gasteiger partial charge >= 0.3 is 0 Å². The molecule has 0 radical (unpaired) electrons. The van der Waals surface area contributed by atoms with Crippen molar-refractivity contribution in [1.29, 1.82) is 5.26 Å². The summed E-state index contributed by atoms with van der Waals surface area (Å²) < 4.78 is 0. The molecule has 7 heavy (non-hydrogen) atoms. The smallest absolute Gasteiger partial charge is 0.126 e. The van der Waals surface area contributed by atoms with E-state index in [1.165, 1.54) is 0 Å². The summed E-state index contributed by atoms with van der Waals surface area (Å²) >= 11 is 0. The SMILES string of the molecule is CC(C)=NCC#N. The van der Waals surface area contributed by atoms with E-state index in [0.717, 1.165) is 5.71 Å². The molecule has 0 aliphatic carbocycles. The van der Waals surface area contributed by atoms with Gasteiger partial charge in [0.25, 0.3) is 0 Å². The van der Waals surface area contributed by atoms with Gasteiger partial charge in [0.1, 0.15) is 6.54 Å². The molecule has 0 aliphatic heterocycles. The Labute approximate surface area is 43.5 Å². The topological polar surface area (TPSA) is 36.1 Å². The normalized spacial score (nSPS) is 7.00. The number of hydrogen-bond donors (Lipinski definition) is 0. The molecule has 0 fully saturated rings. The standard InChI is InChI=1S/C5H8N2/c1-5(2)7-4-3-6/h4H2,1-2H3. The van der Waals surface area contributed by atoms with Gasteiger partial charge in [-0.2, -0.15) is 5.26 Å². The van der Waals surface area contributed by atoms with Crippen molar-refractivity contribution in [2.24, 2.45) is 4.99 Å². The lowest BCUT2D eigenvalue weighted by Crippen LogP contribution is -1.81. The zero-order chi connectivity index (χ0) is 5.70. The van der Waals surface area contributed by atoms with Crippen molar-refractivity contribution in [2.45, 2.75) is 13.8 Å². The number of nitriles is 1. The van der Waals surface area contributed by atoms with E-state index in [2.05, 4.69) is 4.99 Å². The molecule has 38 valence electrons. The van der Waals surface area contributed by atoms with E-state index in [1.54, 1.807) is 0 Å². The Kier molecular flexibility index (Phi) is 2.95. The highest BCUT2D eigenvalue weighted by Gasteiger charge is 1.72. The first-order chi connectivity index (χ1) is 3.27. The Bertz CT molecular complexity index is 104. The zero-order valence-electron chi connectivity index (χ0n) is 4.60. The zero-order valence-corrected chi connectivity index (χ0v) is 4.60. The molecular formula is C5H8N2. The fourth-order valence-corrected chi connectivity index (χ4v) is 0.193. The van der Waals surface area contributed by atoms with Crippen LogP contribution in [0.15, 0.2) is 4.99 Å². The molecule has 0 aromatic carbocycles. The fourth-order valence-electron chi connectivity index (χ4n) is 0.193. The lowest BCUT2D eigenvalue weighted by molar-refractivity contribution is 1.23. The summed E-state index contributed by atoms with van der Waals surface area (Å²) in [7, 11) is 0. The summed E-state index contributed by atoms with van der Waals surface area (Å²) in [6.07, 6.45) is 0. The van der Waals surface area contributed by atoms with Crippen LogP contribution in [0.5, 0.6) is 0 Å². The maximum atomic E-state index is 7.96. The Morgan fingerprint density at radius 3 is 2.43 bits per heavy atom. The molecule has 0 amide bonds. The molecule has 0 aromatic rings. The van der Waals surface area contributed by atoms with Gasteiger partial charge in [-0.1, -0.05) is 0 Å². The highest BCUT2D eigenvalue weighted by molar-refractivity contribution is 5.79. The van der Waals surface area contributed by atoms with Crippen molar-refractivity contribution >= 4 is 5.71 Å². The average Bonchev–Trinajstić information content (AvgIpc) is 1.61. The van der Waals surface area contributed by atoms with E-state index in [4.69, 9.17) is 5.26 Å². The van der Waals surface area contributed by atoms with E-state index >= 15 is 0 Å². The van der Waals surface area contributed by atoms with Gasteiger partial charge in [0.05, 0.1) is 6.07 Å². The van der Waals surface area contributed by atoms with Crippen LogP contribution in [-0.4, -0.2) is 12.3 Å². The van der Waals surface area contributed by atoms with Gasteiger partial charge in [0.15, 0.2) is 0 Å². The summed E-state index contributed by atoms with van der Waals surface area (Å²) in [4.78, 5) is 3.80. The van der Waals surface area contributed by atoms with Gasteiger partial charge in [-0.25, -0.2) is 0 Å². The number of rotatable bonds is 1. The van der Waals surface area contributed by atoms with Crippen LogP contribution < -0.4 is 0 Å². The summed E-state index contributed by atoms with van der Waals surface area (Å²) in [6.45, 7) is 4.04. The average molecular weight is 96.1 g/mol. The molecule has 0 aliphatic rings. The van der Waals surface area contributed by atoms with Gasteiger partial charge in [0.2, 0.25) is 0 Å². The third kappa shape index (κ3) is 5.16. The molecule has 2 heteroatoms. The van der Waals surface area contributed by atoms with Crippen LogP contribution in [0.4, 0.5) is 0 Å². The summed E-state index contributed by atoms with van der Waals surface area (Å²) in [5.41, 5.74) is 0.960. The second-order valence-corrected chi connectivity index (χ2v) is 1.42. The van der Waals surface area contributed by atoms with Crippen LogP contribution in [0.1, 0.15) is 13.8 Å². The first-order valence-electron chi connectivity index (χ1n) is 2.12.